The number of nitrogens with zero attached hydrogens (tertiary/aromatic N) is 1. The maximum absolute atomic E-state index is 12.8. The van der Waals surface area contributed by atoms with Gasteiger partial charge in [0.1, 0.15) is 5.78 Å². The normalized spacial score (nSPS) is 42.2. The van der Waals surface area contributed by atoms with Gasteiger partial charge >= 0.3 is 0 Å². The molecule has 22 heavy (non-hydrogen) atoms. The molecule has 0 aromatic carbocycles. The molecule has 6 unspecified atom stereocenters. The molecule has 6 atom stereocenters. The third kappa shape index (κ3) is 2.45. The summed E-state index contributed by atoms with van der Waals surface area (Å²) in [6.07, 6.45) is 6.54. The molecule has 2 heterocycles. The molecule has 3 heteroatoms. The first-order valence-corrected chi connectivity index (χ1v) is 9.44. The van der Waals surface area contributed by atoms with E-state index in [9.17, 15) is 4.79 Å². The summed E-state index contributed by atoms with van der Waals surface area (Å²) in [7, 11) is 0. The Morgan fingerprint density at radius 2 is 1.86 bits per heavy atom. The fourth-order valence-corrected chi connectivity index (χ4v) is 5.80. The van der Waals surface area contributed by atoms with Crippen LogP contribution in [0, 0.1) is 23.2 Å². The minimum Gasteiger partial charge on any atom is -0.298 e. The van der Waals surface area contributed by atoms with E-state index >= 15 is 0 Å². The van der Waals surface area contributed by atoms with Crippen LogP contribution in [0.3, 0.4) is 0 Å². The van der Waals surface area contributed by atoms with E-state index in [0.29, 0.717) is 36.2 Å². The van der Waals surface area contributed by atoms with Crippen molar-refractivity contribution in [2.24, 2.45) is 23.2 Å². The van der Waals surface area contributed by atoms with Gasteiger partial charge in [0.15, 0.2) is 0 Å². The molecule has 126 valence electrons. The number of hydrogen-bond acceptors (Lipinski definition) is 3. The van der Waals surface area contributed by atoms with Crippen LogP contribution >= 0.6 is 0 Å². The first-order chi connectivity index (χ1) is 10.4. The molecule has 1 aliphatic carbocycles. The zero-order valence-electron chi connectivity index (χ0n) is 15.1. The molecule has 3 fully saturated rings. The summed E-state index contributed by atoms with van der Waals surface area (Å²) in [6.45, 7) is 12.3. The number of hydrogen-bond donors (Lipinski definition) is 1. The van der Waals surface area contributed by atoms with Crippen molar-refractivity contribution in [3.05, 3.63) is 0 Å². The number of fused-ring (bicyclic) bond motifs is 3. The molecule has 0 amide bonds. The molecule has 0 spiro atoms. The predicted octanol–water partition coefficient (Wildman–Crippen LogP) is 3.44. The quantitative estimate of drug-likeness (QED) is 0.867. The van der Waals surface area contributed by atoms with Crippen LogP contribution in [0.2, 0.25) is 0 Å². The van der Waals surface area contributed by atoms with Crippen molar-refractivity contribution in [2.45, 2.75) is 85.0 Å². The van der Waals surface area contributed by atoms with Crippen molar-refractivity contribution >= 4 is 5.78 Å². The topological polar surface area (TPSA) is 32.3 Å². The highest BCUT2D eigenvalue weighted by Gasteiger charge is 2.61. The maximum Gasteiger partial charge on any atom is 0.150 e. The van der Waals surface area contributed by atoms with Crippen LogP contribution in [0.1, 0.15) is 66.7 Å². The number of likely N-dealkylation sites (N-methyl/N-ethyl adjacent to an activating group) is 1. The molecule has 2 saturated heterocycles. The fraction of sp³-hybridized carbons (Fsp3) is 0.947. The van der Waals surface area contributed by atoms with Crippen molar-refractivity contribution in [1.29, 1.82) is 0 Å². The van der Waals surface area contributed by atoms with Gasteiger partial charge in [-0.05, 0) is 42.6 Å². The second-order valence-corrected chi connectivity index (χ2v) is 8.73. The molecule has 1 N–H and O–H groups in total. The van der Waals surface area contributed by atoms with Crippen LogP contribution in [-0.4, -0.2) is 35.5 Å². The Morgan fingerprint density at radius 1 is 1.18 bits per heavy atom. The first-order valence-electron chi connectivity index (χ1n) is 9.44. The molecule has 3 rings (SSSR count). The smallest absolute Gasteiger partial charge is 0.150 e. The van der Waals surface area contributed by atoms with Gasteiger partial charge in [0.05, 0.1) is 12.2 Å². The van der Waals surface area contributed by atoms with E-state index < -0.39 is 0 Å². The summed E-state index contributed by atoms with van der Waals surface area (Å²) in [6, 6.07) is 0.820. The first kappa shape index (κ1) is 16.4. The number of Topliss-reactive ketones (excluding diaryl/α,β-unsaturated/α-hetero) is 1. The average molecular weight is 306 g/mol. The largest absolute Gasteiger partial charge is 0.298 e. The van der Waals surface area contributed by atoms with Gasteiger partial charge in [0, 0.05) is 12.5 Å². The van der Waals surface area contributed by atoms with E-state index in [0.717, 1.165) is 12.5 Å². The van der Waals surface area contributed by atoms with Gasteiger partial charge in [-0.25, -0.2) is 0 Å². The lowest BCUT2D eigenvalue weighted by atomic mass is 9.64. The molecule has 0 aromatic rings. The fourth-order valence-electron chi connectivity index (χ4n) is 5.80. The third-order valence-electron chi connectivity index (χ3n) is 6.58. The van der Waals surface area contributed by atoms with Crippen LogP contribution in [0.15, 0.2) is 0 Å². The number of carbonyl (C=O) groups is 1. The Labute approximate surface area is 136 Å². The molecule has 3 aliphatic rings. The van der Waals surface area contributed by atoms with Crippen molar-refractivity contribution < 1.29 is 4.79 Å². The molecular weight excluding hydrogens is 272 g/mol. The van der Waals surface area contributed by atoms with E-state index in [1.54, 1.807) is 0 Å². The van der Waals surface area contributed by atoms with Crippen LogP contribution in [0.25, 0.3) is 0 Å². The Bertz CT molecular complexity index is 428. The van der Waals surface area contributed by atoms with Gasteiger partial charge in [-0.2, -0.15) is 0 Å². The Hall–Kier alpha value is -0.410. The lowest BCUT2D eigenvalue weighted by molar-refractivity contribution is -0.126. The number of carbonyl (C=O) groups excluding carboxylic acids is 1. The van der Waals surface area contributed by atoms with Gasteiger partial charge in [-0.1, -0.05) is 47.5 Å². The van der Waals surface area contributed by atoms with Crippen molar-refractivity contribution in [2.75, 3.05) is 6.54 Å². The van der Waals surface area contributed by atoms with Gasteiger partial charge < -0.3 is 0 Å². The molecule has 0 aromatic heterocycles. The van der Waals surface area contributed by atoms with E-state index in [2.05, 4.69) is 37.9 Å². The van der Waals surface area contributed by atoms with Crippen molar-refractivity contribution in [3.8, 4) is 0 Å². The van der Waals surface area contributed by atoms with Gasteiger partial charge in [-0.3, -0.25) is 15.0 Å². The number of rotatable bonds is 3. The lowest BCUT2D eigenvalue weighted by Crippen LogP contribution is -2.50. The highest BCUT2D eigenvalue weighted by Crippen LogP contribution is 2.54. The minimum absolute atomic E-state index is 0.125. The second kappa shape index (κ2) is 5.90. The van der Waals surface area contributed by atoms with Gasteiger partial charge in [0.2, 0.25) is 0 Å². The zero-order valence-corrected chi connectivity index (χ0v) is 15.1. The number of ketones is 1. The van der Waals surface area contributed by atoms with Crippen LogP contribution in [0.5, 0.6) is 0 Å². The van der Waals surface area contributed by atoms with E-state index in [1.165, 1.54) is 25.7 Å². The highest BCUT2D eigenvalue weighted by molar-refractivity contribution is 5.84. The standard InChI is InChI=1S/C19H34N2O/c1-6-14(22)17-16(19(3,4)5)15-12-10-8-9-11-13(12)20-18(15)21(17)7-2/h12-13,15-18,20H,6-11H2,1-5H3. The summed E-state index contributed by atoms with van der Waals surface area (Å²) >= 11 is 0. The molecule has 0 bridgehead atoms. The summed E-state index contributed by atoms with van der Waals surface area (Å²) in [5.41, 5.74) is 0.191. The monoisotopic (exact) mass is 306 g/mol. The molecule has 2 aliphatic heterocycles. The van der Waals surface area contributed by atoms with Crippen molar-refractivity contribution in [1.82, 2.24) is 10.2 Å². The van der Waals surface area contributed by atoms with Gasteiger partial charge in [-0.15, -0.1) is 0 Å². The van der Waals surface area contributed by atoms with Crippen LogP contribution < -0.4 is 5.32 Å². The van der Waals surface area contributed by atoms with Crippen LogP contribution in [-0.2, 0) is 4.79 Å². The Balaban J connectivity index is 1.99. The molecule has 0 radical (unpaired) electrons. The summed E-state index contributed by atoms with van der Waals surface area (Å²) in [5.74, 6) is 2.38. The minimum atomic E-state index is 0.125. The highest BCUT2D eigenvalue weighted by atomic mass is 16.1. The third-order valence-corrected chi connectivity index (χ3v) is 6.58. The van der Waals surface area contributed by atoms with E-state index in [1.807, 2.05) is 6.92 Å². The van der Waals surface area contributed by atoms with E-state index in [4.69, 9.17) is 0 Å². The molecular formula is C19H34N2O. The van der Waals surface area contributed by atoms with Crippen molar-refractivity contribution in [3.63, 3.8) is 0 Å². The Kier molecular flexibility index (Phi) is 4.41. The summed E-state index contributed by atoms with van der Waals surface area (Å²) in [4.78, 5) is 15.3. The summed E-state index contributed by atoms with van der Waals surface area (Å²) in [5, 5.41) is 3.94. The second-order valence-electron chi connectivity index (χ2n) is 8.73. The number of likely N-dealkylation sites (tertiary alicyclic amines) is 1. The van der Waals surface area contributed by atoms with Gasteiger partial charge in [0.25, 0.3) is 0 Å². The van der Waals surface area contributed by atoms with Crippen LogP contribution in [0.4, 0.5) is 0 Å². The molecule has 1 saturated carbocycles. The number of nitrogens with one attached hydrogen (secondary N) is 1. The average Bonchev–Trinajstić information content (AvgIpc) is 2.99. The van der Waals surface area contributed by atoms with E-state index in [-0.39, 0.29) is 11.5 Å². The summed E-state index contributed by atoms with van der Waals surface area (Å²) < 4.78 is 0. The lowest BCUT2D eigenvalue weighted by Gasteiger charge is -2.40. The SMILES string of the molecule is CCC(=O)C1C(C(C)(C)C)C2C3CCCCC3NC2N1CC. The maximum atomic E-state index is 12.8. The predicted molar refractivity (Wildman–Crippen MR) is 90.6 cm³/mol. The molecule has 3 nitrogen and oxygen atoms in total. The Morgan fingerprint density at radius 3 is 2.45 bits per heavy atom. The zero-order chi connectivity index (χ0) is 16.1.